The summed E-state index contributed by atoms with van der Waals surface area (Å²) in [6, 6.07) is 4.32. The molecule has 0 saturated carbocycles. The summed E-state index contributed by atoms with van der Waals surface area (Å²) in [6.07, 6.45) is 0.0148. The van der Waals surface area contributed by atoms with Gasteiger partial charge in [0.15, 0.2) is 11.5 Å². The zero-order valence-electron chi connectivity index (χ0n) is 6.86. The Morgan fingerprint density at radius 2 is 1.92 bits per heavy atom. The maximum Gasteiger partial charge on any atom is 0.157 e. The monoisotopic (exact) mass is 168 g/mol. The minimum atomic E-state index is -0.573. The predicted octanol–water partition coefficient (Wildman–Crippen LogP) is 1.54. The summed E-state index contributed by atoms with van der Waals surface area (Å²) in [4.78, 5) is 0. The summed E-state index contributed by atoms with van der Waals surface area (Å²) in [5, 5.41) is 27.4. The molecule has 1 rings (SSSR count). The van der Waals surface area contributed by atoms with Gasteiger partial charge >= 0.3 is 0 Å². The first kappa shape index (κ1) is 8.87. The SMILES string of the molecule is CC[C@@H](O)c1ccc(O)c(O)c1. The molecule has 0 amide bonds. The highest BCUT2D eigenvalue weighted by Gasteiger charge is 2.06. The van der Waals surface area contributed by atoms with Crippen LogP contribution in [0.4, 0.5) is 0 Å². The predicted molar refractivity (Wildman–Crippen MR) is 45.0 cm³/mol. The third-order valence-corrected chi connectivity index (χ3v) is 1.77. The van der Waals surface area contributed by atoms with Crippen molar-refractivity contribution in [2.24, 2.45) is 0 Å². The van der Waals surface area contributed by atoms with E-state index in [1.54, 1.807) is 6.07 Å². The standard InChI is InChI=1S/C9H12O3/c1-2-7(10)6-3-4-8(11)9(12)5-6/h3-5,7,10-12H,2H2,1H3/t7-/m1/s1. The van der Waals surface area contributed by atoms with Crippen LogP contribution in [-0.4, -0.2) is 15.3 Å². The first-order valence-electron chi connectivity index (χ1n) is 3.85. The molecule has 0 unspecified atom stereocenters. The zero-order valence-corrected chi connectivity index (χ0v) is 6.86. The number of hydrogen-bond acceptors (Lipinski definition) is 3. The number of hydrogen-bond donors (Lipinski definition) is 3. The maximum absolute atomic E-state index is 9.35. The maximum atomic E-state index is 9.35. The van der Waals surface area contributed by atoms with Crippen LogP contribution in [0.5, 0.6) is 11.5 Å². The highest BCUT2D eigenvalue weighted by molar-refractivity contribution is 5.41. The van der Waals surface area contributed by atoms with E-state index < -0.39 is 6.10 Å². The van der Waals surface area contributed by atoms with Crippen LogP contribution in [-0.2, 0) is 0 Å². The Bertz CT molecular complexity index is 270. The van der Waals surface area contributed by atoms with Gasteiger partial charge in [-0.1, -0.05) is 13.0 Å². The lowest BCUT2D eigenvalue weighted by molar-refractivity contribution is 0.173. The molecule has 12 heavy (non-hydrogen) atoms. The normalized spacial score (nSPS) is 12.8. The highest BCUT2D eigenvalue weighted by atomic mass is 16.3. The Hall–Kier alpha value is -1.22. The number of rotatable bonds is 2. The Morgan fingerprint density at radius 1 is 1.25 bits per heavy atom. The van der Waals surface area contributed by atoms with Gasteiger partial charge in [0.25, 0.3) is 0 Å². The number of benzene rings is 1. The molecule has 0 heterocycles. The van der Waals surface area contributed by atoms with Crippen LogP contribution in [0.15, 0.2) is 18.2 Å². The number of phenolic OH excluding ortho intramolecular Hbond substituents is 2. The van der Waals surface area contributed by atoms with E-state index in [0.29, 0.717) is 12.0 Å². The number of phenols is 2. The Kier molecular flexibility index (Phi) is 2.55. The molecule has 3 nitrogen and oxygen atoms in total. The summed E-state index contributed by atoms with van der Waals surface area (Å²) in [5.41, 5.74) is 0.618. The molecule has 0 spiro atoms. The van der Waals surface area contributed by atoms with Crippen LogP contribution in [0.1, 0.15) is 25.0 Å². The van der Waals surface area contributed by atoms with E-state index in [-0.39, 0.29) is 11.5 Å². The summed E-state index contributed by atoms with van der Waals surface area (Å²) in [5.74, 6) is -0.359. The van der Waals surface area contributed by atoms with Crippen LogP contribution in [0.25, 0.3) is 0 Å². The lowest BCUT2D eigenvalue weighted by Crippen LogP contribution is -1.93. The molecular weight excluding hydrogens is 156 g/mol. The largest absolute Gasteiger partial charge is 0.504 e. The lowest BCUT2D eigenvalue weighted by atomic mass is 10.1. The Morgan fingerprint density at radius 3 is 2.42 bits per heavy atom. The van der Waals surface area contributed by atoms with E-state index in [4.69, 9.17) is 10.2 Å². The van der Waals surface area contributed by atoms with Gasteiger partial charge in [0.2, 0.25) is 0 Å². The van der Waals surface area contributed by atoms with E-state index in [1.165, 1.54) is 12.1 Å². The fourth-order valence-corrected chi connectivity index (χ4v) is 0.983. The average molecular weight is 168 g/mol. The molecule has 1 atom stereocenters. The van der Waals surface area contributed by atoms with Crippen molar-refractivity contribution >= 4 is 0 Å². The third kappa shape index (κ3) is 1.68. The minimum absolute atomic E-state index is 0.165. The van der Waals surface area contributed by atoms with Crippen LogP contribution in [0, 0.1) is 0 Å². The second-order valence-corrected chi connectivity index (χ2v) is 2.67. The summed E-state index contributed by atoms with van der Waals surface area (Å²) in [7, 11) is 0. The van der Waals surface area contributed by atoms with Gasteiger partial charge in [0, 0.05) is 0 Å². The lowest BCUT2D eigenvalue weighted by Gasteiger charge is -2.08. The number of aliphatic hydroxyl groups is 1. The van der Waals surface area contributed by atoms with Crippen molar-refractivity contribution in [1.82, 2.24) is 0 Å². The highest BCUT2D eigenvalue weighted by Crippen LogP contribution is 2.28. The second-order valence-electron chi connectivity index (χ2n) is 2.67. The average Bonchev–Trinajstić information content (AvgIpc) is 2.08. The van der Waals surface area contributed by atoms with Gasteiger partial charge in [0.1, 0.15) is 0 Å². The molecule has 3 heteroatoms. The minimum Gasteiger partial charge on any atom is -0.504 e. The van der Waals surface area contributed by atoms with Crippen molar-refractivity contribution in [3.8, 4) is 11.5 Å². The van der Waals surface area contributed by atoms with E-state index in [0.717, 1.165) is 0 Å². The van der Waals surface area contributed by atoms with Gasteiger partial charge in [-0.05, 0) is 24.1 Å². The molecule has 1 aromatic carbocycles. The van der Waals surface area contributed by atoms with E-state index in [2.05, 4.69) is 0 Å². The topological polar surface area (TPSA) is 60.7 Å². The molecule has 66 valence electrons. The van der Waals surface area contributed by atoms with Crippen molar-refractivity contribution in [3.05, 3.63) is 23.8 Å². The molecule has 0 aliphatic heterocycles. The fourth-order valence-electron chi connectivity index (χ4n) is 0.983. The quantitative estimate of drug-likeness (QED) is 0.587. The van der Waals surface area contributed by atoms with Gasteiger partial charge in [-0.15, -0.1) is 0 Å². The molecule has 0 aromatic heterocycles. The van der Waals surface area contributed by atoms with Crippen LogP contribution < -0.4 is 0 Å². The zero-order chi connectivity index (χ0) is 9.14. The van der Waals surface area contributed by atoms with Crippen molar-refractivity contribution < 1.29 is 15.3 Å². The molecule has 0 bridgehead atoms. The summed E-state index contributed by atoms with van der Waals surface area (Å²) in [6.45, 7) is 1.84. The van der Waals surface area contributed by atoms with Crippen LogP contribution in [0.2, 0.25) is 0 Å². The first-order chi connectivity index (χ1) is 5.65. The molecule has 0 saturated heterocycles. The number of aromatic hydroxyl groups is 2. The van der Waals surface area contributed by atoms with Gasteiger partial charge in [0.05, 0.1) is 6.10 Å². The van der Waals surface area contributed by atoms with Crippen molar-refractivity contribution in [2.75, 3.05) is 0 Å². The van der Waals surface area contributed by atoms with Crippen LogP contribution >= 0.6 is 0 Å². The van der Waals surface area contributed by atoms with Gasteiger partial charge in [-0.25, -0.2) is 0 Å². The van der Waals surface area contributed by atoms with Crippen molar-refractivity contribution in [2.45, 2.75) is 19.4 Å². The first-order valence-corrected chi connectivity index (χ1v) is 3.85. The van der Waals surface area contributed by atoms with Crippen molar-refractivity contribution in [1.29, 1.82) is 0 Å². The molecular formula is C9H12O3. The smallest absolute Gasteiger partial charge is 0.157 e. The second kappa shape index (κ2) is 3.45. The van der Waals surface area contributed by atoms with E-state index in [9.17, 15) is 5.11 Å². The fraction of sp³-hybridized carbons (Fsp3) is 0.333. The Balaban J connectivity index is 2.96. The molecule has 0 aliphatic rings. The van der Waals surface area contributed by atoms with Crippen LogP contribution in [0.3, 0.4) is 0 Å². The van der Waals surface area contributed by atoms with E-state index >= 15 is 0 Å². The molecule has 0 aliphatic carbocycles. The number of aliphatic hydroxyl groups excluding tert-OH is 1. The Labute approximate surface area is 70.9 Å². The van der Waals surface area contributed by atoms with Gasteiger partial charge < -0.3 is 15.3 Å². The molecule has 1 aromatic rings. The summed E-state index contributed by atoms with van der Waals surface area (Å²) >= 11 is 0. The summed E-state index contributed by atoms with van der Waals surface area (Å²) < 4.78 is 0. The van der Waals surface area contributed by atoms with Gasteiger partial charge in [-0.3, -0.25) is 0 Å². The van der Waals surface area contributed by atoms with Gasteiger partial charge in [-0.2, -0.15) is 0 Å². The molecule has 3 N–H and O–H groups in total. The third-order valence-electron chi connectivity index (χ3n) is 1.77. The molecule has 0 radical (unpaired) electrons. The van der Waals surface area contributed by atoms with Crippen molar-refractivity contribution in [3.63, 3.8) is 0 Å². The molecule has 0 fully saturated rings. The van der Waals surface area contributed by atoms with E-state index in [1.807, 2.05) is 6.92 Å².